The van der Waals surface area contributed by atoms with E-state index >= 15 is 0 Å². The van der Waals surface area contributed by atoms with Gasteiger partial charge in [0.25, 0.3) is 0 Å². The minimum absolute atomic E-state index is 0.776. The van der Waals surface area contributed by atoms with Crippen LogP contribution in [-0.4, -0.2) is 20.2 Å². The van der Waals surface area contributed by atoms with Gasteiger partial charge in [0.05, 0.1) is 15.6 Å². The van der Waals surface area contributed by atoms with Gasteiger partial charge in [-0.25, -0.2) is 9.97 Å². The highest BCUT2D eigenvalue weighted by Gasteiger charge is 2.08. The number of rotatable bonds is 6. The number of aryl methyl sites for hydroxylation is 1. The van der Waals surface area contributed by atoms with Gasteiger partial charge in [0.1, 0.15) is 0 Å². The number of nitrogens with one attached hydrogen (secondary N) is 1. The Kier molecular flexibility index (Phi) is 4.49. The van der Waals surface area contributed by atoms with E-state index in [0.717, 1.165) is 40.1 Å². The molecule has 0 amide bonds. The molecule has 3 heterocycles. The van der Waals surface area contributed by atoms with Crippen molar-refractivity contribution >= 4 is 34.4 Å². The monoisotopic (exact) mass is 322 g/mol. The van der Waals surface area contributed by atoms with Crippen molar-refractivity contribution in [2.75, 3.05) is 0 Å². The molecule has 0 unspecified atom stereocenters. The van der Waals surface area contributed by atoms with Crippen LogP contribution in [0.3, 0.4) is 0 Å². The summed E-state index contributed by atoms with van der Waals surface area (Å²) in [6.45, 7) is 2.18. The quantitative estimate of drug-likeness (QED) is 0.690. The third kappa shape index (κ3) is 3.28. The van der Waals surface area contributed by atoms with E-state index < -0.39 is 0 Å². The second kappa shape index (κ2) is 6.51. The highest BCUT2D eigenvalue weighted by molar-refractivity contribution is 7.98. The molecule has 104 valence electrons. The van der Waals surface area contributed by atoms with E-state index in [-0.39, 0.29) is 0 Å². The summed E-state index contributed by atoms with van der Waals surface area (Å²) in [6, 6.07) is 4.05. The van der Waals surface area contributed by atoms with Crippen LogP contribution < -0.4 is 0 Å². The van der Waals surface area contributed by atoms with Gasteiger partial charge in [-0.05, 0) is 24.3 Å². The average Bonchev–Trinajstić information content (AvgIpc) is 3.18. The number of H-pyrrole nitrogens is 1. The summed E-state index contributed by atoms with van der Waals surface area (Å²) in [5, 5.41) is 13.4. The maximum atomic E-state index is 4.61. The topological polar surface area (TPSA) is 54.5 Å². The maximum Gasteiger partial charge on any atom is 0.209 e. The zero-order valence-corrected chi connectivity index (χ0v) is 13.4. The number of thioether (sulfide) groups is 1. The van der Waals surface area contributed by atoms with E-state index in [2.05, 4.69) is 32.5 Å². The van der Waals surface area contributed by atoms with Crippen LogP contribution in [0.15, 0.2) is 28.0 Å². The zero-order valence-electron chi connectivity index (χ0n) is 11.0. The van der Waals surface area contributed by atoms with E-state index in [1.807, 2.05) is 17.5 Å². The van der Waals surface area contributed by atoms with Gasteiger partial charge in [-0.15, -0.1) is 27.8 Å². The van der Waals surface area contributed by atoms with E-state index in [0.29, 0.717) is 0 Å². The van der Waals surface area contributed by atoms with Gasteiger partial charge in [-0.2, -0.15) is 0 Å². The van der Waals surface area contributed by atoms with Crippen LogP contribution in [0.4, 0.5) is 0 Å². The lowest BCUT2D eigenvalue weighted by Crippen LogP contribution is -1.85. The largest absolute Gasteiger partial charge is 0.257 e. The summed E-state index contributed by atoms with van der Waals surface area (Å²) >= 11 is 5.02. The Morgan fingerprint density at radius 1 is 1.30 bits per heavy atom. The minimum Gasteiger partial charge on any atom is -0.257 e. The highest BCUT2D eigenvalue weighted by Crippen LogP contribution is 2.25. The standard InChI is InChI=1S/C13H14N4S3/c1-2-4-11-14-9(7-19-11)8-20-13-15-12(16-17-13)10-5-3-6-18-10/h3,5-7H,2,4,8H2,1H3,(H,15,16,17). The molecule has 0 saturated heterocycles. The molecule has 0 aliphatic heterocycles. The summed E-state index contributed by atoms with van der Waals surface area (Å²) < 4.78 is 0. The van der Waals surface area contributed by atoms with Crippen LogP contribution in [0.25, 0.3) is 10.7 Å². The molecule has 0 radical (unpaired) electrons. The average molecular weight is 322 g/mol. The molecule has 0 spiro atoms. The number of nitrogens with zero attached hydrogens (tertiary/aromatic N) is 3. The van der Waals surface area contributed by atoms with Crippen LogP contribution in [0, 0.1) is 0 Å². The molecule has 0 aromatic carbocycles. The summed E-state index contributed by atoms with van der Waals surface area (Å²) in [5.41, 5.74) is 1.12. The molecule has 0 saturated carbocycles. The molecule has 0 atom stereocenters. The third-order valence-corrected chi connectivity index (χ3v) is 5.35. The second-order valence-electron chi connectivity index (χ2n) is 4.22. The molecular formula is C13H14N4S3. The van der Waals surface area contributed by atoms with Crippen molar-refractivity contribution in [2.45, 2.75) is 30.7 Å². The van der Waals surface area contributed by atoms with E-state index in [1.165, 1.54) is 5.01 Å². The molecular weight excluding hydrogens is 308 g/mol. The molecule has 0 aliphatic rings. The number of hydrogen-bond acceptors (Lipinski definition) is 6. The lowest BCUT2D eigenvalue weighted by Gasteiger charge is -1.92. The lowest BCUT2D eigenvalue weighted by molar-refractivity contribution is 0.901. The minimum atomic E-state index is 0.776. The van der Waals surface area contributed by atoms with Gasteiger partial charge in [0.15, 0.2) is 5.82 Å². The van der Waals surface area contributed by atoms with Gasteiger partial charge in [0, 0.05) is 11.1 Å². The molecule has 3 aromatic heterocycles. The van der Waals surface area contributed by atoms with Crippen molar-refractivity contribution in [2.24, 2.45) is 0 Å². The van der Waals surface area contributed by atoms with Crippen LogP contribution >= 0.6 is 34.4 Å². The molecule has 0 bridgehead atoms. The number of thiophene rings is 1. The third-order valence-electron chi connectivity index (χ3n) is 2.63. The lowest BCUT2D eigenvalue weighted by atomic mass is 10.3. The van der Waals surface area contributed by atoms with Crippen LogP contribution in [0.2, 0.25) is 0 Å². The normalized spacial score (nSPS) is 11.1. The maximum absolute atomic E-state index is 4.61. The first kappa shape index (κ1) is 13.8. The Morgan fingerprint density at radius 2 is 2.25 bits per heavy atom. The molecule has 4 nitrogen and oxygen atoms in total. The fourth-order valence-corrected chi connectivity index (χ4v) is 4.08. The molecule has 0 aliphatic carbocycles. The molecule has 3 rings (SSSR count). The van der Waals surface area contributed by atoms with Crippen LogP contribution in [0.1, 0.15) is 24.0 Å². The van der Waals surface area contributed by atoms with Crippen molar-refractivity contribution < 1.29 is 0 Å². The smallest absolute Gasteiger partial charge is 0.209 e. The summed E-state index contributed by atoms with van der Waals surface area (Å²) in [7, 11) is 0. The Balaban J connectivity index is 1.60. The fraction of sp³-hybridized carbons (Fsp3) is 0.308. The molecule has 3 aromatic rings. The van der Waals surface area contributed by atoms with Gasteiger partial charge in [0.2, 0.25) is 5.16 Å². The van der Waals surface area contributed by atoms with Crippen molar-refractivity contribution in [1.29, 1.82) is 0 Å². The fourth-order valence-electron chi connectivity index (χ4n) is 1.72. The first-order valence-corrected chi connectivity index (χ1v) is 9.12. The predicted molar refractivity (Wildman–Crippen MR) is 85.4 cm³/mol. The number of hydrogen-bond donors (Lipinski definition) is 1. The number of aromatic amines is 1. The molecule has 7 heteroatoms. The van der Waals surface area contributed by atoms with Crippen molar-refractivity contribution in [3.63, 3.8) is 0 Å². The Labute approximate surface area is 129 Å². The summed E-state index contributed by atoms with van der Waals surface area (Å²) in [6.07, 6.45) is 2.21. The molecule has 1 N–H and O–H groups in total. The molecule has 20 heavy (non-hydrogen) atoms. The zero-order chi connectivity index (χ0) is 13.8. The second-order valence-corrected chi connectivity index (χ2v) is 7.05. The van der Waals surface area contributed by atoms with E-state index in [4.69, 9.17) is 0 Å². The van der Waals surface area contributed by atoms with Gasteiger partial charge in [-0.3, -0.25) is 5.10 Å². The van der Waals surface area contributed by atoms with Crippen molar-refractivity contribution in [1.82, 2.24) is 20.2 Å². The van der Waals surface area contributed by atoms with Crippen molar-refractivity contribution in [3.8, 4) is 10.7 Å². The van der Waals surface area contributed by atoms with Gasteiger partial charge < -0.3 is 0 Å². The summed E-state index contributed by atoms with van der Waals surface area (Å²) in [5.74, 6) is 1.66. The molecule has 0 fully saturated rings. The van der Waals surface area contributed by atoms with E-state index in [1.54, 1.807) is 34.4 Å². The Morgan fingerprint density at radius 3 is 3.05 bits per heavy atom. The number of aromatic nitrogens is 4. The first-order chi connectivity index (χ1) is 9.85. The Hall–Kier alpha value is -1.18. The van der Waals surface area contributed by atoms with Crippen LogP contribution in [-0.2, 0) is 12.2 Å². The van der Waals surface area contributed by atoms with Crippen molar-refractivity contribution in [3.05, 3.63) is 33.6 Å². The van der Waals surface area contributed by atoms with Gasteiger partial charge >= 0.3 is 0 Å². The van der Waals surface area contributed by atoms with Gasteiger partial charge in [-0.1, -0.05) is 24.8 Å². The SMILES string of the molecule is CCCc1nc(CSc2n[nH]c(-c3cccs3)n2)cs1. The highest BCUT2D eigenvalue weighted by atomic mass is 32.2. The summed E-state index contributed by atoms with van der Waals surface area (Å²) in [4.78, 5) is 10.2. The Bertz CT molecular complexity index is 657. The predicted octanol–water partition coefficient (Wildman–Crippen LogP) is 4.23. The van der Waals surface area contributed by atoms with E-state index in [9.17, 15) is 0 Å². The number of thiazole rings is 1. The van der Waals surface area contributed by atoms with Crippen LogP contribution in [0.5, 0.6) is 0 Å². The first-order valence-electron chi connectivity index (χ1n) is 6.37.